The molecule has 0 spiro atoms. The maximum atomic E-state index is 13.4. The Kier molecular flexibility index (Phi) is 4.42. The Labute approximate surface area is 116 Å². The van der Waals surface area contributed by atoms with Crippen molar-refractivity contribution in [3.63, 3.8) is 0 Å². The van der Waals surface area contributed by atoms with E-state index in [1.165, 1.54) is 12.1 Å². The van der Waals surface area contributed by atoms with Gasteiger partial charge in [-0.3, -0.25) is 4.98 Å². The molecule has 0 aliphatic heterocycles. The van der Waals surface area contributed by atoms with Gasteiger partial charge in [-0.15, -0.1) is 0 Å². The lowest BCUT2D eigenvalue weighted by molar-refractivity contribution is 0.151. The van der Waals surface area contributed by atoms with E-state index in [0.717, 1.165) is 17.3 Å². The lowest BCUT2D eigenvalue weighted by atomic mass is 10.0. The number of pyridine rings is 1. The van der Waals surface area contributed by atoms with E-state index in [9.17, 15) is 13.2 Å². The second-order valence-electron chi connectivity index (χ2n) is 5.11. The minimum atomic E-state index is -2.66. The van der Waals surface area contributed by atoms with E-state index in [0.29, 0.717) is 17.9 Å². The molecule has 0 saturated carbocycles. The van der Waals surface area contributed by atoms with E-state index in [2.05, 4.69) is 4.98 Å². The zero-order valence-corrected chi connectivity index (χ0v) is 11.4. The van der Waals surface area contributed by atoms with Gasteiger partial charge in [-0.25, -0.2) is 13.2 Å². The van der Waals surface area contributed by atoms with Crippen molar-refractivity contribution in [1.29, 1.82) is 0 Å². The van der Waals surface area contributed by atoms with Gasteiger partial charge in [0.25, 0.3) is 6.43 Å². The van der Waals surface area contributed by atoms with E-state index < -0.39 is 12.2 Å². The molecule has 106 valence electrons. The number of alkyl halides is 2. The molecular weight excluding hydrogens is 263 g/mol. The quantitative estimate of drug-likeness (QED) is 0.777. The van der Waals surface area contributed by atoms with Crippen LogP contribution in [0.25, 0.3) is 0 Å². The first-order chi connectivity index (χ1) is 9.45. The van der Waals surface area contributed by atoms with Crippen molar-refractivity contribution in [2.45, 2.75) is 32.6 Å². The largest absolute Gasteiger partial charge is 0.263 e. The van der Waals surface area contributed by atoms with Gasteiger partial charge >= 0.3 is 0 Å². The number of hydrogen-bond acceptors (Lipinski definition) is 1. The Balaban J connectivity index is 2.27. The molecule has 0 unspecified atom stereocenters. The second kappa shape index (κ2) is 6.07. The van der Waals surface area contributed by atoms with Crippen LogP contribution >= 0.6 is 0 Å². The Morgan fingerprint density at radius 3 is 2.45 bits per heavy atom. The van der Waals surface area contributed by atoms with Crippen LogP contribution in [0.15, 0.2) is 36.5 Å². The molecule has 0 saturated heterocycles. The third kappa shape index (κ3) is 3.59. The minimum absolute atomic E-state index is 0.280. The number of halogens is 3. The SMILES string of the molecule is CC(C)c1cc(Cc2cc(F)cc(C(F)F)c2)ccn1. The molecule has 0 bridgehead atoms. The summed E-state index contributed by atoms with van der Waals surface area (Å²) in [6.45, 7) is 4.06. The van der Waals surface area contributed by atoms with Crippen LogP contribution in [-0.2, 0) is 6.42 Å². The second-order valence-corrected chi connectivity index (χ2v) is 5.11. The summed E-state index contributed by atoms with van der Waals surface area (Å²) >= 11 is 0. The number of benzene rings is 1. The van der Waals surface area contributed by atoms with Gasteiger partial charge < -0.3 is 0 Å². The van der Waals surface area contributed by atoms with E-state index in [4.69, 9.17) is 0 Å². The van der Waals surface area contributed by atoms with Crippen LogP contribution in [0.5, 0.6) is 0 Å². The van der Waals surface area contributed by atoms with E-state index >= 15 is 0 Å². The van der Waals surface area contributed by atoms with Crippen LogP contribution in [0, 0.1) is 5.82 Å². The standard InChI is InChI=1S/C16H16F3N/c1-10(2)15-8-11(3-4-20-15)5-12-6-13(16(18)19)9-14(17)7-12/h3-4,6-10,16H,5H2,1-2H3. The van der Waals surface area contributed by atoms with Crippen molar-refractivity contribution >= 4 is 0 Å². The number of nitrogens with zero attached hydrogens (tertiary/aromatic N) is 1. The van der Waals surface area contributed by atoms with Crippen LogP contribution < -0.4 is 0 Å². The minimum Gasteiger partial charge on any atom is -0.261 e. The lowest BCUT2D eigenvalue weighted by Crippen LogP contribution is -1.97. The first-order valence-corrected chi connectivity index (χ1v) is 6.48. The molecule has 0 radical (unpaired) electrons. The monoisotopic (exact) mass is 279 g/mol. The molecule has 0 atom stereocenters. The summed E-state index contributed by atoms with van der Waals surface area (Å²) in [6, 6.07) is 7.27. The molecule has 0 aliphatic carbocycles. The van der Waals surface area contributed by atoms with Crippen molar-refractivity contribution in [2.75, 3.05) is 0 Å². The van der Waals surface area contributed by atoms with Crippen molar-refractivity contribution < 1.29 is 13.2 Å². The Bertz CT molecular complexity index is 594. The fourth-order valence-electron chi connectivity index (χ4n) is 2.06. The average molecular weight is 279 g/mol. The highest BCUT2D eigenvalue weighted by molar-refractivity contribution is 5.31. The normalized spacial score (nSPS) is 11.3. The van der Waals surface area contributed by atoms with Crippen LogP contribution in [0.4, 0.5) is 13.2 Å². The Morgan fingerprint density at radius 1 is 1.05 bits per heavy atom. The van der Waals surface area contributed by atoms with Crippen molar-refractivity contribution in [3.05, 3.63) is 64.7 Å². The van der Waals surface area contributed by atoms with E-state index in [1.807, 2.05) is 26.0 Å². The summed E-state index contributed by atoms with van der Waals surface area (Å²) in [4.78, 5) is 4.25. The highest BCUT2D eigenvalue weighted by atomic mass is 19.3. The maximum Gasteiger partial charge on any atom is 0.263 e. The number of hydrogen-bond donors (Lipinski definition) is 0. The van der Waals surface area contributed by atoms with Gasteiger partial charge in [0, 0.05) is 17.5 Å². The summed E-state index contributed by atoms with van der Waals surface area (Å²) in [5.41, 5.74) is 2.14. The van der Waals surface area contributed by atoms with Gasteiger partial charge in [-0.1, -0.05) is 13.8 Å². The summed E-state index contributed by atoms with van der Waals surface area (Å²) in [5, 5.41) is 0. The predicted molar refractivity (Wildman–Crippen MR) is 72.5 cm³/mol. The molecule has 0 amide bonds. The molecular formula is C16H16F3N. The van der Waals surface area contributed by atoms with Crippen molar-refractivity contribution in [1.82, 2.24) is 4.98 Å². The molecule has 20 heavy (non-hydrogen) atoms. The maximum absolute atomic E-state index is 13.4. The van der Waals surface area contributed by atoms with Crippen molar-refractivity contribution in [2.24, 2.45) is 0 Å². The topological polar surface area (TPSA) is 12.9 Å². The molecule has 1 heterocycles. The number of rotatable bonds is 4. The predicted octanol–water partition coefficient (Wildman–Crippen LogP) is 4.87. The molecule has 0 N–H and O–H groups in total. The molecule has 1 aromatic carbocycles. The first-order valence-electron chi connectivity index (χ1n) is 6.48. The van der Waals surface area contributed by atoms with Gasteiger partial charge in [-0.2, -0.15) is 0 Å². The molecule has 1 nitrogen and oxygen atoms in total. The van der Waals surface area contributed by atoms with E-state index in [1.54, 1.807) is 6.20 Å². The van der Waals surface area contributed by atoms with Crippen LogP contribution in [-0.4, -0.2) is 4.98 Å². The van der Waals surface area contributed by atoms with Crippen LogP contribution in [0.1, 0.15) is 48.6 Å². The average Bonchev–Trinajstić information content (AvgIpc) is 2.38. The van der Waals surface area contributed by atoms with Crippen LogP contribution in [0.2, 0.25) is 0 Å². The zero-order chi connectivity index (χ0) is 14.7. The highest BCUT2D eigenvalue weighted by Gasteiger charge is 2.11. The van der Waals surface area contributed by atoms with Gasteiger partial charge in [0.15, 0.2) is 0 Å². The molecule has 2 aromatic rings. The highest BCUT2D eigenvalue weighted by Crippen LogP contribution is 2.23. The van der Waals surface area contributed by atoms with Gasteiger partial charge in [0.05, 0.1) is 0 Å². The zero-order valence-electron chi connectivity index (χ0n) is 11.4. The molecule has 4 heteroatoms. The Hall–Kier alpha value is -1.84. The van der Waals surface area contributed by atoms with Crippen LogP contribution in [0.3, 0.4) is 0 Å². The molecule has 1 aromatic heterocycles. The lowest BCUT2D eigenvalue weighted by Gasteiger charge is -2.09. The fourth-order valence-corrected chi connectivity index (χ4v) is 2.06. The first kappa shape index (κ1) is 14.6. The molecule has 0 aliphatic rings. The van der Waals surface area contributed by atoms with Gasteiger partial charge in [-0.05, 0) is 53.8 Å². The van der Waals surface area contributed by atoms with Crippen molar-refractivity contribution in [3.8, 4) is 0 Å². The molecule has 0 fully saturated rings. The summed E-state index contributed by atoms with van der Waals surface area (Å²) in [5.74, 6) is -0.338. The summed E-state index contributed by atoms with van der Waals surface area (Å²) in [7, 11) is 0. The van der Waals surface area contributed by atoms with E-state index in [-0.39, 0.29) is 5.56 Å². The van der Waals surface area contributed by atoms with Gasteiger partial charge in [0.1, 0.15) is 5.82 Å². The number of aromatic nitrogens is 1. The smallest absolute Gasteiger partial charge is 0.261 e. The third-order valence-electron chi connectivity index (χ3n) is 3.08. The van der Waals surface area contributed by atoms with Gasteiger partial charge in [0.2, 0.25) is 0 Å². The summed E-state index contributed by atoms with van der Waals surface area (Å²) < 4.78 is 38.7. The summed E-state index contributed by atoms with van der Waals surface area (Å²) in [6.07, 6.45) is -0.550. The fraction of sp³-hybridized carbons (Fsp3) is 0.312. The third-order valence-corrected chi connectivity index (χ3v) is 3.08. The Morgan fingerprint density at radius 2 is 1.80 bits per heavy atom. The molecule has 2 rings (SSSR count).